The van der Waals surface area contributed by atoms with Crippen molar-refractivity contribution < 1.29 is 9.90 Å². The van der Waals surface area contributed by atoms with Crippen LogP contribution in [0.4, 0.5) is 0 Å². The molecule has 3 nitrogen and oxygen atoms in total. The number of hydrogen-bond donors (Lipinski definition) is 2. The Morgan fingerprint density at radius 2 is 1.90 bits per heavy atom. The summed E-state index contributed by atoms with van der Waals surface area (Å²) in [6.07, 6.45) is -0.443. The van der Waals surface area contributed by atoms with Crippen LogP contribution < -0.4 is 5.32 Å². The molecule has 0 aliphatic rings. The predicted molar refractivity (Wildman–Crippen MR) is 82.9 cm³/mol. The Morgan fingerprint density at radius 1 is 1.30 bits per heavy atom. The van der Waals surface area contributed by atoms with Crippen LogP contribution in [0.5, 0.6) is 0 Å². The number of carbonyl (C=O) groups is 1. The summed E-state index contributed by atoms with van der Waals surface area (Å²) in [7, 11) is 0. The lowest BCUT2D eigenvalue weighted by atomic mass is 9.80. The maximum Gasteiger partial charge on any atom is 0.251 e. The Balaban J connectivity index is 2.72. The monoisotopic (exact) mass is 277 g/mol. The average Bonchev–Trinajstić information content (AvgIpc) is 2.35. The summed E-state index contributed by atoms with van der Waals surface area (Å²) >= 11 is 0. The summed E-state index contributed by atoms with van der Waals surface area (Å²) < 4.78 is 0. The fourth-order valence-corrected chi connectivity index (χ4v) is 2.48. The molecule has 20 heavy (non-hydrogen) atoms. The Bertz CT molecular complexity index is 478. The molecule has 0 aliphatic heterocycles. The fourth-order valence-electron chi connectivity index (χ4n) is 2.48. The lowest BCUT2D eigenvalue weighted by molar-refractivity contribution is 0.0138. The number of nitrogens with one attached hydrogen (secondary N) is 1. The van der Waals surface area contributed by atoms with Gasteiger partial charge in [0.2, 0.25) is 0 Å². The first-order valence-electron chi connectivity index (χ1n) is 7.18. The minimum Gasteiger partial charge on any atom is -0.392 e. The first-order valence-corrected chi connectivity index (χ1v) is 7.18. The van der Waals surface area contributed by atoms with Crippen molar-refractivity contribution >= 4 is 5.91 Å². The molecule has 1 aromatic rings. The van der Waals surface area contributed by atoms with Gasteiger partial charge in [-0.25, -0.2) is 0 Å². The molecule has 0 saturated heterocycles. The van der Waals surface area contributed by atoms with Gasteiger partial charge in [0.05, 0.1) is 6.10 Å². The van der Waals surface area contributed by atoms with Gasteiger partial charge in [0.1, 0.15) is 0 Å². The van der Waals surface area contributed by atoms with Gasteiger partial charge in [-0.2, -0.15) is 0 Å². The normalized spacial score (nSPS) is 13.4. The van der Waals surface area contributed by atoms with Crippen molar-refractivity contribution in [2.75, 3.05) is 6.54 Å². The molecular weight excluding hydrogens is 250 g/mol. The number of aliphatic hydroxyl groups excluding tert-OH is 1. The van der Waals surface area contributed by atoms with Gasteiger partial charge in [0, 0.05) is 17.5 Å². The molecule has 0 aromatic heterocycles. The molecule has 1 amide bonds. The maximum atomic E-state index is 12.2. The third kappa shape index (κ3) is 4.07. The van der Waals surface area contributed by atoms with Gasteiger partial charge in [-0.05, 0) is 31.4 Å². The zero-order chi connectivity index (χ0) is 15.5. The van der Waals surface area contributed by atoms with Crippen molar-refractivity contribution in [2.24, 2.45) is 11.3 Å². The van der Waals surface area contributed by atoms with Gasteiger partial charge in [-0.3, -0.25) is 4.79 Å². The third-order valence-corrected chi connectivity index (χ3v) is 3.76. The highest BCUT2D eigenvalue weighted by atomic mass is 16.3. The molecule has 3 heteroatoms. The largest absolute Gasteiger partial charge is 0.392 e. The first kappa shape index (κ1) is 16.7. The average molecular weight is 277 g/mol. The van der Waals surface area contributed by atoms with Gasteiger partial charge < -0.3 is 10.4 Å². The summed E-state index contributed by atoms with van der Waals surface area (Å²) in [4.78, 5) is 12.2. The molecule has 1 rings (SSSR count). The summed E-state index contributed by atoms with van der Waals surface area (Å²) in [5.74, 6) is 0.0922. The first-order chi connectivity index (χ1) is 9.15. The quantitative estimate of drug-likeness (QED) is 0.869. The molecule has 0 fully saturated rings. The molecule has 0 spiro atoms. The molecular formula is C17H27NO2. The number of aryl methyl sites for hydroxylation is 2. The topological polar surface area (TPSA) is 49.3 Å². The lowest BCUT2D eigenvalue weighted by Crippen LogP contribution is -2.43. The van der Waals surface area contributed by atoms with Gasteiger partial charge >= 0.3 is 0 Å². The second kappa shape index (κ2) is 6.40. The number of carbonyl (C=O) groups excluding carboxylic acids is 1. The summed E-state index contributed by atoms with van der Waals surface area (Å²) in [5.41, 5.74) is 2.48. The van der Waals surface area contributed by atoms with E-state index in [-0.39, 0.29) is 17.2 Å². The highest BCUT2D eigenvalue weighted by Crippen LogP contribution is 2.25. The smallest absolute Gasteiger partial charge is 0.251 e. The second-order valence-electron chi connectivity index (χ2n) is 6.68. The third-order valence-electron chi connectivity index (χ3n) is 3.76. The Hall–Kier alpha value is -1.35. The van der Waals surface area contributed by atoms with Crippen molar-refractivity contribution in [2.45, 2.75) is 47.6 Å². The van der Waals surface area contributed by atoms with E-state index >= 15 is 0 Å². The van der Waals surface area contributed by atoms with Crippen LogP contribution in [0.2, 0.25) is 0 Å². The zero-order valence-corrected chi connectivity index (χ0v) is 13.4. The SMILES string of the molecule is Cc1ccc(C(=O)NCC(C)(C)C(O)C(C)C)c(C)c1. The van der Waals surface area contributed by atoms with E-state index in [2.05, 4.69) is 5.32 Å². The van der Waals surface area contributed by atoms with Gasteiger partial charge in [0.25, 0.3) is 5.91 Å². The number of amides is 1. The van der Waals surface area contributed by atoms with Crippen LogP contribution in [0.25, 0.3) is 0 Å². The van der Waals surface area contributed by atoms with Crippen molar-refractivity contribution in [3.63, 3.8) is 0 Å². The van der Waals surface area contributed by atoms with Gasteiger partial charge in [0.15, 0.2) is 0 Å². The molecule has 0 bridgehead atoms. The number of benzene rings is 1. The fraction of sp³-hybridized carbons (Fsp3) is 0.588. The van der Waals surface area contributed by atoms with E-state index in [1.165, 1.54) is 0 Å². The lowest BCUT2D eigenvalue weighted by Gasteiger charge is -2.33. The summed E-state index contributed by atoms with van der Waals surface area (Å²) in [6.45, 7) is 12.3. The van der Waals surface area contributed by atoms with E-state index in [9.17, 15) is 9.90 Å². The second-order valence-corrected chi connectivity index (χ2v) is 6.68. The van der Waals surface area contributed by atoms with E-state index in [0.29, 0.717) is 12.1 Å². The molecule has 2 N–H and O–H groups in total. The number of aliphatic hydroxyl groups is 1. The van der Waals surface area contributed by atoms with Crippen molar-refractivity contribution in [1.29, 1.82) is 0 Å². The predicted octanol–water partition coefficient (Wildman–Crippen LogP) is 3.08. The van der Waals surface area contributed by atoms with Crippen LogP contribution in [0.1, 0.15) is 49.2 Å². The molecule has 0 radical (unpaired) electrons. The zero-order valence-electron chi connectivity index (χ0n) is 13.4. The number of rotatable bonds is 5. The summed E-state index contributed by atoms with van der Waals surface area (Å²) in [5, 5.41) is 13.1. The minimum atomic E-state index is -0.443. The molecule has 1 unspecified atom stereocenters. The van der Waals surface area contributed by atoms with Gasteiger partial charge in [-0.1, -0.05) is 45.4 Å². The van der Waals surface area contributed by atoms with E-state index in [0.717, 1.165) is 11.1 Å². The molecule has 112 valence electrons. The van der Waals surface area contributed by atoms with E-state index in [1.807, 2.05) is 59.7 Å². The molecule has 0 aliphatic carbocycles. The van der Waals surface area contributed by atoms with Crippen LogP contribution in [0.3, 0.4) is 0 Å². The molecule has 0 heterocycles. The van der Waals surface area contributed by atoms with Crippen LogP contribution in [0, 0.1) is 25.2 Å². The number of hydrogen-bond acceptors (Lipinski definition) is 2. The summed E-state index contributed by atoms with van der Waals surface area (Å²) in [6, 6.07) is 5.80. The minimum absolute atomic E-state index is 0.0773. The molecule has 1 atom stereocenters. The molecule has 0 saturated carbocycles. The van der Waals surface area contributed by atoms with Crippen LogP contribution in [0.15, 0.2) is 18.2 Å². The van der Waals surface area contributed by atoms with E-state index in [4.69, 9.17) is 0 Å². The van der Waals surface area contributed by atoms with Crippen molar-refractivity contribution in [3.05, 3.63) is 34.9 Å². The van der Waals surface area contributed by atoms with Crippen LogP contribution in [-0.4, -0.2) is 23.7 Å². The van der Waals surface area contributed by atoms with Crippen LogP contribution in [-0.2, 0) is 0 Å². The standard InChI is InChI=1S/C17H27NO2/c1-11(2)15(19)17(5,6)10-18-16(20)14-8-7-12(3)9-13(14)4/h7-9,11,15,19H,10H2,1-6H3,(H,18,20). The van der Waals surface area contributed by atoms with Crippen molar-refractivity contribution in [1.82, 2.24) is 5.32 Å². The van der Waals surface area contributed by atoms with Crippen molar-refractivity contribution in [3.8, 4) is 0 Å². The van der Waals surface area contributed by atoms with Crippen LogP contribution >= 0.6 is 0 Å². The Labute approximate surface area is 122 Å². The molecule has 1 aromatic carbocycles. The van der Waals surface area contributed by atoms with E-state index < -0.39 is 6.10 Å². The highest BCUT2D eigenvalue weighted by molar-refractivity contribution is 5.95. The maximum absolute atomic E-state index is 12.2. The van der Waals surface area contributed by atoms with E-state index in [1.54, 1.807) is 0 Å². The Morgan fingerprint density at radius 3 is 2.40 bits per heavy atom. The Kier molecular flexibility index (Phi) is 5.35. The van der Waals surface area contributed by atoms with Gasteiger partial charge in [-0.15, -0.1) is 0 Å². The highest BCUT2D eigenvalue weighted by Gasteiger charge is 2.30.